The van der Waals surface area contributed by atoms with Crippen molar-refractivity contribution >= 4 is 53.8 Å². The average molecular weight is 1850 g/mol. The molecule has 4 fully saturated rings. The fraction of sp³-hybridized carbons (Fsp3) is 0.585. The normalized spacial score (nSPS) is 26.3. The predicted molar refractivity (Wildman–Crippen MR) is 362 cm³/mol. The number of halogens is 21. The molecule has 124 heavy (non-hydrogen) atoms. The molecule has 3 aliphatic heterocycles. The number of aliphatic hydroxyl groups is 6. The Morgan fingerprint density at radius 1 is 0.411 bits per heavy atom. The lowest BCUT2D eigenvalue weighted by Crippen LogP contribution is -2.68. The van der Waals surface area contributed by atoms with Gasteiger partial charge in [-0.3, -0.25) is 0 Å². The number of rotatable bonds is 21. The van der Waals surface area contributed by atoms with Crippen molar-refractivity contribution in [2.75, 3.05) is 32.8 Å². The number of esters is 1. The lowest BCUT2D eigenvalue weighted by atomic mass is 9.84. The maximum absolute atomic E-state index is 13.6. The third kappa shape index (κ3) is 37.3. The lowest BCUT2D eigenvalue weighted by Gasteiger charge is -2.47. The summed E-state index contributed by atoms with van der Waals surface area (Å²) in [5.74, 6) is -20.1. The van der Waals surface area contributed by atoms with Gasteiger partial charge in [0.25, 0.3) is 0 Å². The topological polar surface area (TPSA) is 671 Å². The van der Waals surface area contributed by atoms with Crippen LogP contribution in [0.2, 0.25) is 0 Å². The number of carboxylic acids is 7. The summed E-state index contributed by atoms with van der Waals surface area (Å²) in [6.45, 7) is -0.00271. The Morgan fingerprint density at radius 3 is 1.11 bits per heavy atom. The van der Waals surface area contributed by atoms with Crippen LogP contribution in [0.5, 0.6) is 0 Å². The highest BCUT2D eigenvalue weighted by molar-refractivity contribution is 5.82. The molecule has 1 amide bonds. The highest BCUT2D eigenvalue weighted by atomic mass is 19.4. The van der Waals surface area contributed by atoms with Gasteiger partial charge in [0.15, 0.2) is 18.9 Å². The number of nitrogens with one attached hydrogen (secondary N) is 2. The van der Waals surface area contributed by atoms with Crippen LogP contribution in [-0.2, 0) is 82.9 Å². The standard InChI is InChI=1S/C51H74N8O16.7C2HF3O2/c52-19-33-39(61)41(63)36(56)48(70-33)73-44-31(55)18-30(54)38(60)46(44)75-50-43(65)45(74-49-37(57)42(64)40(62)34(20-53)71-49)35(72-50)21-58-17-9-8-16-32(47(66)68-22-24-10-2-1-3-11-24)59-51(67)69-23-29-27-14-6-4-12-25(27)26-13-5-7-15-28(26)29;7*3-2(4,5)1(6)7/h1-7,10-15,29-46,48-50,58,60-65H,8-9,16-23,52-57H2,(H,59,67);7*(H,6,7)/t30-,31+,32+,33-,34-,35-,36-,37+,38+,39-,40+,41-,42+,43-,44-,45-,46-,48-,49?,50+;;;;;;;/m1......./s1. The van der Waals surface area contributed by atoms with Crippen LogP contribution < -0.4 is 45.0 Å². The van der Waals surface area contributed by atoms with Crippen molar-refractivity contribution in [1.82, 2.24) is 10.6 Å². The van der Waals surface area contributed by atoms with E-state index in [0.29, 0.717) is 19.4 Å². The first kappa shape index (κ1) is 112. The van der Waals surface area contributed by atoms with E-state index in [1.165, 1.54) is 0 Å². The minimum atomic E-state index is -5.08. The Balaban J connectivity index is 0.00000126. The van der Waals surface area contributed by atoms with E-state index in [-0.39, 0.29) is 51.6 Å². The van der Waals surface area contributed by atoms with Crippen LogP contribution in [0, 0.1) is 0 Å². The van der Waals surface area contributed by atoms with Crippen LogP contribution in [0.15, 0.2) is 78.9 Å². The van der Waals surface area contributed by atoms with E-state index in [0.717, 1.165) is 27.8 Å². The number of carboxylic acid groups (broad SMARTS) is 7. The molecule has 3 heterocycles. The first-order valence-electron chi connectivity index (χ1n) is 34.3. The van der Waals surface area contributed by atoms with Gasteiger partial charge in [0.2, 0.25) is 0 Å². The number of nitrogens with two attached hydrogens (primary N) is 6. The molecule has 27 N–H and O–H groups in total. The highest BCUT2D eigenvalue weighted by Gasteiger charge is 2.55. The summed E-state index contributed by atoms with van der Waals surface area (Å²) in [7, 11) is 0. The zero-order chi connectivity index (χ0) is 96.0. The van der Waals surface area contributed by atoms with Crippen LogP contribution in [0.25, 0.3) is 11.1 Å². The SMILES string of the molecule is NC[C@H]1OC(O[C@H]2[C@@H](O)[C@H](O[C@@H]3[C@@H](O)[C@H](N)C[C@H](N)[C@H]3O[C@H]3O[C@H](CN)[C@@H](O)[C@H](O)[C@H]3N)O[C@@H]2CNCCCC[C@H](NC(=O)OCC2c3ccccc3-c3ccccc32)C(=O)OCc2ccccc2)[C@@H](N)[C@H](O)[C@H]1O.O=C(O)C(F)(F)F.O=C(O)C(F)(F)F.O=C(O)C(F)(F)F.O=C(O)C(F)(F)F.O=C(O)C(F)(F)F.O=C(O)C(F)(F)F.O=C(O)C(F)(F)F. The number of amides is 1. The number of aliphatic carboxylic acids is 7. The van der Waals surface area contributed by atoms with Crippen molar-refractivity contribution in [3.63, 3.8) is 0 Å². The Labute approximate surface area is 680 Å². The second-order valence-corrected chi connectivity index (χ2v) is 25.5. The van der Waals surface area contributed by atoms with Gasteiger partial charge < -0.3 is 149 Å². The molecule has 38 nitrogen and oxygen atoms in total. The highest BCUT2D eigenvalue weighted by Crippen LogP contribution is 2.45. The molecule has 0 aromatic heterocycles. The van der Waals surface area contributed by atoms with Crippen LogP contribution in [0.4, 0.5) is 97.0 Å². The number of fused-ring (bicyclic) bond motifs is 3. The molecule has 8 rings (SSSR count). The predicted octanol–water partition coefficient (Wildman–Crippen LogP) is 0.956. The number of alkyl halides is 21. The molecule has 708 valence electrons. The van der Waals surface area contributed by atoms with Gasteiger partial charge in [-0.05, 0) is 60.0 Å². The number of hydrogen-bond donors (Lipinski definition) is 21. The number of carbonyl (C=O) groups is 9. The van der Waals surface area contributed by atoms with E-state index >= 15 is 0 Å². The molecule has 5 aliphatic rings. The lowest BCUT2D eigenvalue weighted by molar-refractivity contribution is -0.306. The third-order valence-corrected chi connectivity index (χ3v) is 16.5. The van der Waals surface area contributed by atoms with E-state index in [9.17, 15) is 132 Å². The molecular weight excluding hydrogens is 1770 g/mol. The summed E-state index contributed by atoms with van der Waals surface area (Å²) in [4.78, 5) is 89.3. The minimum Gasteiger partial charge on any atom is -0.475 e. The van der Waals surface area contributed by atoms with E-state index < -0.39 is 219 Å². The number of aliphatic hydroxyl groups excluding tert-OH is 6. The van der Waals surface area contributed by atoms with E-state index in [2.05, 4.69) is 10.6 Å². The molecule has 20 atom stereocenters. The molecule has 0 radical (unpaired) electrons. The fourth-order valence-corrected chi connectivity index (χ4v) is 10.5. The summed E-state index contributed by atoms with van der Waals surface area (Å²) in [6.07, 6.45) is -55.5. The number of ether oxygens (including phenoxy) is 8. The van der Waals surface area contributed by atoms with Gasteiger partial charge in [-0.2, -0.15) is 92.2 Å². The maximum Gasteiger partial charge on any atom is 0.490 e. The second kappa shape index (κ2) is 49.4. The Kier molecular flexibility index (Phi) is 44.8. The number of unbranched alkanes of at least 4 members (excludes halogenated alkanes) is 1. The summed E-state index contributed by atoms with van der Waals surface area (Å²) in [6, 6.07) is 19.6. The van der Waals surface area contributed by atoms with Crippen LogP contribution in [0.3, 0.4) is 0 Å². The first-order valence-corrected chi connectivity index (χ1v) is 34.3. The molecule has 0 bridgehead atoms. The first-order chi connectivity index (χ1) is 56.7. The summed E-state index contributed by atoms with van der Waals surface area (Å²) in [5, 5.41) is 122. The fourth-order valence-electron chi connectivity index (χ4n) is 10.5. The molecule has 1 saturated carbocycles. The summed E-state index contributed by atoms with van der Waals surface area (Å²) < 4.78 is 270. The zero-order valence-electron chi connectivity index (χ0n) is 62.4. The summed E-state index contributed by atoms with van der Waals surface area (Å²) >= 11 is 0. The molecular formula is C65H81F21N8O30. The van der Waals surface area contributed by atoms with Gasteiger partial charge in [-0.1, -0.05) is 78.9 Å². The van der Waals surface area contributed by atoms with Gasteiger partial charge in [0, 0.05) is 37.6 Å². The zero-order valence-corrected chi connectivity index (χ0v) is 62.4. The largest absolute Gasteiger partial charge is 0.490 e. The summed E-state index contributed by atoms with van der Waals surface area (Å²) in [5.41, 5.74) is 41.9. The maximum atomic E-state index is 13.6. The van der Waals surface area contributed by atoms with E-state index in [1.807, 2.05) is 78.9 Å². The Morgan fingerprint density at radius 2 is 0.750 bits per heavy atom. The van der Waals surface area contributed by atoms with Gasteiger partial charge in [-0.25, -0.2) is 43.2 Å². The van der Waals surface area contributed by atoms with Gasteiger partial charge in [0.1, 0.15) is 86.4 Å². The van der Waals surface area contributed by atoms with Crippen molar-refractivity contribution in [3.05, 3.63) is 95.6 Å². The second-order valence-electron chi connectivity index (χ2n) is 25.5. The molecule has 3 saturated heterocycles. The molecule has 1 unspecified atom stereocenters. The third-order valence-electron chi connectivity index (χ3n) is 16.5. The molecule has 2 aliphatic carbocycles. The van der Waals surface area contributed by atoms with E-state index in [1.54, 1.807) is 0 Å². The van der Waals surface area contributed by atoms with Crippen molar-refractivity contribution in [2.45, 2.75) is 204 Å². The Hall–Kier alpha value is -9.54. The number of hydrogen-bond acceptors (Lipinski definition) is 30. The Bertz CT molecular complexity index is 3580. The van der Waals surface area contributed by atoms with Crippen LogP contribution in [0.1, 0.15) is 48.3 Å². The monoisotopic (exact) mass is 1850 g/mol. The quantitative estimate of drug-likeness (QED) is 0.0401. The van der Waals surface area contributed by atoms with Gasteiger partial charge in [0.05, 0.1) is 18.2 Å². The van der Waals surface area contributed by atoms with E-state index in [4.69, 9.17) is 142 Å². The smallest absolute Gasteiger partial charge is 0.475 e. The van der Waals surface area contributed by atoms with Crippen molar-refractivity contribution in [3.8, 4) is 11.1 Å². The molecule has 3 aromatic rings. The van der Waals surface area contributed by atoms with Gasteiger partial charge >= 0.3 is 97.1 Å². The molecule has 3 aromatic carbocycles. The number of carbonyl (C=O) groups excluding carboxylic acids is 2. The van der Waals surface area contributed by atoms with Crippen molar-refractivity contribution < 1.29 is 240 Å². The number of alkyl carbamates (subject to hydrolysis) is 1. The number of benzene rings is 3. The molecule has 0 spiro atoms. The average Bonchev–Trinajstić information content (AvgIpc) is 1.59. The van der Waals surface area contributed by atoms with Gasteiger partial charge in [-0.15, -0.1) is 0 Å². The van der Waals surface area contributed by atoms with Crippen molar-refractivity contribution in [2.24, 2.45) is 34.4 Å². The molecule has 59 heteroatoms. The van der Waals surface area contributed by atoms with Crippen molar-refractivity contribution in [1.29, 1.82) is 0 Å². The van der Waals surface area contributed by atoms with Crippen LogP contribution in [-0.4, -0.2) is 319 Å². The minimum absolute atomic E-state index is 0.00500. The van der Waals surface area contributed by atoms with Crippen LogP contribution >= 0.6 is 0 Å².